The zero-order chi connectivity index (χ0) is 25.6. The van der Waals surface area contributed by atoms with Crippen LogP contribution in [0.4, 0.5) is 18.0 Å². The standard InChI is InChI=1S/C26H27F3N4O2/c1-4-5-10-23-22(24(35-25(34)32(2)3)33(31-23)17-26(27,28)29)15-18-11-13-19(14-12-18)21-9-7-6-8-20(21)16-30/h6-9,11-14H,4-5,10,15,17H2,1-3H3. The lowest BCUT2D eigenvalue weighted by molar-refractivity contribution is -0.143. The van der Waals surface area contributed by atoms with Gasteiger partial charge < -0.3 is 9.64 Å². The largest absolute Gasteiger partial charge is 0.416 e. The van der Waals surface area contributed by atoms with Gasteiger partial charge in [0.1, 0.15) is 6.54 Å². The molecule has 1 aromatic heterocycles. The first kappa shape index (κ1) is 25.8. The topological polar surface area (TPSA) is 71.2 Å². The van der Waals surface area contributed by atoms with Gasteiger partial charge in [-0.15, -0.1) is 0 Å². The highest BCUT2D eigenvalue weighted by Crippen LogP contribution is 2.31. The number of unbranched alkanes of at least 4 members (excludes halogenated alkanes) is 1. The maximum absolute atomic E-state index is 13.3. The molecule has 0 radical (unpaired) electrons. The second-order valence-electron chi connectivity index (χ2n) is 8.40. The van der Waals surface area contributed by atoms with Crippen LogP contribution < -0.4 is 4.74 Å². The molecule has 184 valence electrons. The summed E-state index contributed by atoms with van der Waals surface area (Å²) in [7, 11) is 2.92. The van der Waals surface area contributed by atoms with E-state index in [0.29, 0.717) is 23.2 Å². The van der Waals surface area contributed by atoms with E-state index in [9.17, 15) is 23.2 Å². The highest BCUT2D eigenvalue weighted by molar-refractivity contribution is 5.71. The van der Waals surface area contributed by atoms with E-state index in [2.05, 4.69) is 11.2 Å². The number of carbonyl (C=O) groups is 1. The second kappa shape index (κ2) is 11.1. The van der Waals surface area contributed by atoms with Crippen LogP contribution in [-0.4, -0.2) is 41.0 Å². The van der Waals surface area contributed by atoms with Gasteiger partial charge in [-0.2, -0.15) is 23.5 Å². The van der Waals surface area contributed by atoms with E-state index >= 15 is 0 Å². The third-order valence-electron chi connectivity index (χ3n) is 5.42. The molecular weight excluding hydrogens is 457 g/mol. The number of carbonyl (C=O) groups excluding carboxylic acids is 1. The number of nitriles is 1. The van der Waals surface area contributed by atoms with E-state index in [0.717, 1.165) is 39.1 Å². The zero-order valence-corrected chi connectivity index (χ0v) is 19.9. The third kappa shape index (κ3) is 6.63. The van der Waals surface area contributed by atoms with Gasteiger partial charge in [-0.3, -0.25) is 0 Å². The van der Waals surface area contributed by atoms with Crippen molar-refractivity contribution in [3.63, 3.8) is 0 Å². The van der Waals surface area contributed by atoms with Crippen molar-refractivity contribution in [1.82, 2.24) is 14.7 Å². The van der Waals surface area contributed by atoms with Gasteiger partial charge in [-0.25, -0.2) is 9.48 Å². The van der Waals surface area contributed by atoms with Crippen molar-refractivity contribution in [1.29, 1.82) is 5.26 Å². The number of hydrogen-bond donors (Lipinski definition) is 0. The fourth-order valence-corrected chi connectivity index (χ4v) is 3.66. The number of halogens is 3. The van der Waals surface area contributed by atoms with Gasteiger partial charge in [0, 0.05) is 26.1 Å². The highest BCUT2D eigenvalue weighted by Gasteiger charge is 2.33. The lowest BCUT2D eigenvalue weighted by atomic mass is 9.97. The molecule has 0 saturated carbocycles. The first-order valence-corrected chi connectivity index (χ1v) is 11.3. The molecular formula is C26H27F3N4O2. The van der Waals surface area contributed by atoms with Crippen molar-refractivity contribution in [3.8, 4) is 23.1 Å². The number of hydrogen-bond acceptors (Lipinski definition) is 4. The Morgan fingerprint density at radius 1 is 1.14 bits per heavy atom. The summed E-state index contributed by atoms with van der Waals surface area (Å²) in [5.74, 6) is -0.189. The summed E-state index contributed by atoms with van der Waals surface area (Å²) in [6.45, 7) is 0.628. The number of nitrogens with zero attached hydrogens (tertiary/aromatic N) is 4. The number of alkyl halides is 3. The molecule has 0 unspecified atom stereocenters. The fraction of sp³-hybridized carbons (Fsp3) is 0.346. The normalized spacial score (nSPS) is 11.2. The van der Waals surface area contributed by atoms with E-state index in [1.54, 1.807) is 12.1 Å². The Kier molecular flexibility index (Phi) is 8.18. The van der Waals surface area contributed by atoms with E-state index < -0.39 is 18.8 Å². The highest BCUT2D eigenvalue weighted by atomic mass is 19.4. The summed E-state index contributed by atoms with van der Waals surface area (Å²) in [6.07, 6.45) is -3.02. The van der Waals surface area contributed by atoms with Crippen molar-refractivity contribution in [2.45, 2.75) is 45.3 Å². The van der Waals surface area contributed by atoms with Gasteiger partial charge in [0.05, 0.1) is 17.3 Å². The van der Waals surface area contributed by atoms with Gasteiger partial charge in [0.15, 0.2) is 0 Å². The van der Waals surface area contributed by atoms with Crippen LogP contribution in [0.15, 0.2) is 48.5 Å². The van der Waals surface area contributed by atoms with E-state index in [1.165, 1.54) is 14.1 Å². The molecule has 0 aliphatic heterocycles. The monoisotopic (exact) mass is 484 g/mol. The number of ether oxygens (including phenoxy) is 1. The summed E-state index contributed by atoms with van der Waals surface area (Å²) in [5.41, 5.74) is 3.95. The zero-order valence-electron chi connectivity index (χ0n) is 19.9. The molecule has 0 spiro atoms. The summed E-state index contributed by atoms with van der Waals surface area (Å²) in [4.78, 5) is 13.4. The number of aryl methyl sites for hydroxylation is 1. The maximum Gasteiger partial charge on any atom is 0.416 e. The number of rotatable bonds is 8. The summed E-state index contributed by atoms with van der Waals surface area (Å²) < 4.78 is 45.9. The molecule has 0 aliphatic rings. The Hall–Kier alpha value is -3.80. The first-order valence-electron chi connectivity index (χ1n) is 11.3. The minimum Gasteiger partial charge on any atom is -0.391 e. The fourth-order valence-electron chi connectivity index (χ4n) is 3.66. The Morgan fingerprint density at radius 3 is 2.43 bits per heavy atom. The molecule has 3 rings (SSSR count). The van der Waals surface area contributed by atoms with Gasteiger partial charge in [-0.05, 0) is 35.6 Å². The minimum atomic E-state index is -4.53. The Morgan fingerprint density at radius 2 is 1.83 bits per heavy atom. The molecule has 35 heavy (non-hydrogen) atoms. The SMILES string of the molecule is CCCCc1nn(CC(F)(F)F)c(OC(=O)N(C)C)c1Cc1ccc(-c2ccccc2C#N)cc1. The molecule has 0 fully saturated rings. The molecule has 0 saturated heterocycles. The Labute approximate surface area is 202 Å². The molecule has 6 nitrogen and oxygen atoms in total. The average molecular weight is 485 g/mol. The van der Waals surface area contributed by atoms with E-state index in [4.69, 9.17) is 4.74 Å². The van der Waals surface area contributed by atoms with Crippen LogP contribution in [-0.2, 0) is 19.4 Å². The second-order valence-corrected chi connectivity index (χ2v) is 8.40. The summed E-state index contributed by atoms with van der Waals surface area (Å²) in [5, 5.41) is 13.6. The maximum atomic E-state index is 13.3. The van der Waals surface area contributed by atoms with Crippen LogP contribution in [0, 0.1) is 11.3 Å². The Bertz CT molecular complexity index is 1210. The molecule has 1 amide bonds. The molecule has 0 bridgehead atoms. The molecule has 9 heteroatoms. The molecule has 1 heterocycles. The smallest absolute Gasteiger partial charge is 0.391 e. The molecule has 0 aliphatic carbocycles. The summed E-state index contributed by atoms with van der Waals surface area (Å²) >= 11 is 0. The predicted molar refractivity (Wildman–Crippen MR) is 126 cm³/mol. The van der Waals surface area contributed by atoms with Crippen LogP contribution in [0.1, 0.15) is 42.1 Å². The van der Waals surface area contributed by atoms with Crippen molar-refractivity contribution in [2.24, 2.45) is 0 Å². The number of aromatic nitrogens is 2. The molecule has 3 aromatic rings. The van der Waals surface area contributed by atoms with E-state index in [-0.39, 0.29) is 12.3 Å². The van der Waals surface area contributed by atoms with Crippen LogP contribution in [0.3, 0.4) is 0 Å². The number of benzene rings is 2. The van der Waals surface area contributed by atoms with Crippen molar-refractivity contribution in [3.05, 3.63) is 70.9 Å². The van der Waals surface area contributed by atoms with Gasteiger partial charge in [-0.1, -0.05) is 55.8 Å². The van der Waals surface area contributed by atoms with E-state index in [1.807, 2.05) is 43.3 Å². The summed E-state index contributed by atoms with van der Waals surface area (Å²) in [6, 6.07) is 16.9. The predicted octanol–water partition coefficient (Wildman–Crippen LogP) is 5.98. The number of amides is 1. The molecule has 2 aromatic carbocycles. The van der Waals surface area contributed by atoms with Gasteiger partial charge in [0.25, 0.3) is 0 Å². The quantitative estimate of drug-likeness (QED) is 0.395. The molecule has 0 N–H and O–H groups in total. The molecule has 0 atom stereocenters. The van der Waals surface area contributed by atoms with Crippen LogP contribution >= 0.6 is 0 Å². The van der Waals surface area contributed by atoms with Crippen molar-refractivity contribution in [2.75, 3.05) is 14.1 Å². The lowest BCUT2D eigenvalue weighted by Gasteiger charge is -2.15. The van der Waals surface area contributed by atoms with Gasteiger partial charge >= 0.3 is 12.3 Å². The average Bonchev–Trinajstić information content (AvgIpc) is 3.12. The van der Waals surface area contributed by atoms with Crippen LogP contribution in [0.25, 0.3) is 11.1 Å². The van der Waals surface area contributed by atoms with Crippen LogP contribution in [0.5, 0.6) is 5.88 Å². The van der Waals surface area contributed by atoms with Crippen molar-refractivity contribution < 1.29 is 22.7 Å². The van der Waals surface area contributed by atoms with Crippen molar-refractivity contribution >= 4 is 6.09 Å². The van der Waals surface area contributed by atoms with Crippen LogP contribution in [0.2, 0.25) is 0 Å². The van der Waals surface area contributed by atoms with Gasteiger partial charge in [0.2, 0.25) is 5.88 Å². The lowest BCUT2D eigenvalue weighted by Crippen LogP contribution is -2.28. The minimum absolute atomic E-state index is 0.189. The Balaban J connectivity index is 2.01. The third-order valence-corrected chi connectivity index (χ3v) is 5.42. The first-order chi connectivity index (χ1) is 16.6.